The van der Waals surface area contributed by atoms with Crippen molar-refractivity contribution in [2.24, 2.45) is 0 Å². The number of benzene rings is 4. The van der Waals surface area contributed by atoms with Crippen molar-refractivity contribution in [2.45, 2.75) is 12.4 Å². The molecule has 38 heavy (non-hydrogen) atoms. The highest BCUT2D eigenvalue weighted by atomic mass is 19.4. The molecule has 4 aromatic rings. The summed E-state index contributed by atoms with van der Waals surface area (Å²) in [5.74, 6) is 11.6. The molecule has 0 aliphatic heterocycles. The Hall–Kier alpha value is -4.68. The summed E-state index contributed by atoms with van der Waals surface area (Å²) in [6.45, 7) is 0. The lowest BCUT2D eigenvalue weighted by molar-refractivity contribution is -0.138. The molecule has 0 aliphatic carbocycles. The molecular formula is C32H18F6. The maximum atomic E-state index is 12.7. The predicted molar refractivity (Wildman–Crippen MR) is 137 cm³/mol. The van der Waals surface area contributed by atoms with Crippen molar-refractivity contribution in [1.29, 1.82) is 0 Å². The van der Waals surface area contributed by atoms with Gasteiger partial charge in [0.25, 0.3) is 0 Å². The van der Waals surface area contributed by atoms with Crippen molar-refractivity contribution < 1.29 is 26.3 Å². The Kier molecular flexibility index (Phi) is 7.74. The highest BCUT2D eigenvalue weighted by Crippen LogP contribution is 2.29. The summed E-state index contributed by atoms with van der Waals surface area (Å²) in [6.07, 6.45) is -4.89. The van der Waals surface area contributed by atoms with E-state index < -0.39 is 23.5 Å². The fourth-order valence-electron chi connectivity index (χ4n) is 3.32. The number of alkyl halides is 6. The van der Waals surface area contributed by atoms with Crippen molar-refractivity contribution in [3.05, 3.63) is 142 Å². The van der Waals surface area contributed by atoms with Crippen LogP contribution in [0.2, 0.25) is 0 Å². The molecule has 0 unspecified atom stereocenters. The highest BCUT2D eigenvalue weighted by molar-refractivity contribution is 5.70. The van der Waals surface area contributed by atoms with Crippen molar-refractivity contribution in [1.82, 2.24) is 0 Å². The van der Waals surface area contributed by atoms with E-state index in [9.17, 15) is 26.3 Å². The molecule has 0 nitrogen and oxygen atoms in total. The first-order valence-corrected chi connectivity index (χ1v) is 11.3. The normalized spacial score (nSPS) is 11.4. The van der Waals surface area contributed by atoms with Gasteiger partial charge in [-0.3, -0.25) is 0 Å². The van der Waals surface area contributed by atoms with Crippen LogP contribution < -0.4 is 0 Å². The van der Waals surface area contributed by atoms with E-state index in [0.29, 0.717) is 11.1 Å². The molecule has 0 aromatic heterocycles. The largest absolute Gasteiger partial charge is 0.416 e. The molecule has 0 heterocycles. The van der Waals surface area contributed by atoms with Gasteiger partial charge in [-0.25, -0.2) is 0 Å². The third kappa shape index (κ3) is 7.41. The number of hydrogen-bond acceptors (Lipinski definition) is 0. The minimum atomic E-state index is -4.37. The van der Waals surface area contributed by atoms with Gasteiger partial charge in [0, 0.05) is 22.3 Å². The fourth-order valence-corrected chi connectivity index (χ4v) is 3.32. The van der Waals surface area contributed by atoms with Crippen LogP contribution in [0.15, 0.2) is 97.1 Å². The maximum absolute atomic E-state index is 12.7. The van der Waals surface area contributed by atoms with Gasteiger partial charge in [0.2, 0.25) is 0 Å². The van der Waals surface area contributed by atoms with Gasteiger partial charge in [-0.1, -0.05) is 60.1 Å². The van der Waals surface area contributed by atoms with E-state index in [1.807, 2.05) is 60.7 Å². The third-order valence-corrected chi connectivity index (χ3v) is 5.42. The van der Waals surface area contributed by atoms with Crippen LogP contribution in [0.1, 0.15) is 44.5 Å². The lowest BCUT2D eigenvalue weighted by atomic mass is 10.1. The van der Waals surface area contributed by atoms with Gasteiger partial charge in [-0.15, -0.1) is 0 Å². The Morgan fingerprint density at radius 2 is 0.605 bits per heavy atom. The topological polar surface area (TPSA) is 0 Å². The zero-order chi connectivity index (χ0) is 27.2. The summed E-state index contributed by atoms with van der Waals surface area (Å²) in [7, 11) is 0. The third-order valence-electron chi connectivity index (χ3n) is 5.42. The zero-order valence-electron chi connectivity index (χ0n) is 19.7. The van der Waals surface area contributed by atoms with E-state index >= 15 is 0 Å². The van der Waals surface area contributed by atoms with E-state index in [1.165, 1.54) is 24.3 Å². The molecule has 0 amide bonds. The second-order valence-corrected chi connectivity index (χ2v) is 8.23. The van der Waals surface area contributed by atoms with Gasteiger partial charge in [-0.2, -0.15) is 26.3 Å². The Morgan fingerprint density at radius 1 is 0.368 bits per heavy atom. The fraction of sp³-hybridized carbons (Fsp3) is 0.0625. The maximum Gasteiger partial charge on any atom is 0.416 e. The average molecular weight is 516 g/mol. The Morgan fingerprint density at radius 3 is 0.842 bits per heavy atom. The van der Waals surface area contributed by atoms with Crippen molar-refractivity contribution >= 4 is 12.2 Å². The SMILES string of the molecule is FC(F)(F)c1ccc(C#Cc2ccc(C=Cc3ccc(C#Cc4ccc(C(F)(F)F)cc4)cc3)cc2)cc1. The predicted octanol–water partition coefficient (Wildman–Crippen LogP) is 8.69. The van der Waals surface area contributed by atoms with Crippen LogP contribution in [0.25, 0.3) is 12.2 Å². The summed E-state index contributed by atoms with van der Waals surface area (Å²) in [5, 5.41) is 0. The molecule has 0 saturated carbocycles. The van der Waals surface area contributed by atoms with Crippen molar-refractivity contribution in [3.8, 4) is 23.7 Å². The highest BCUT2D eigenvalue weighted by Gasteiger charge is 2.30. The number of hydrogen-bond donors (Lipinski definition) is 0. The van der Waals surface area contributed by atoms with Crippen LogP contribution in [0.4, 0.5) is 26.3 Å². The molecule has 0 N–H and O–H groups in total. The second-order valence-electron chi connectivity index (χ2n) is 8.23. The lowest BCUT2D eigenvalue weighted by Crippen LogP contribution is -2.04. The van der Waals surface area contributed by atoms with Crippen LogP contribution in [0, 0.1) is 23.7 Å². The van der Waals surface area contributed by atoms with Crippen molar-refractivity contribution in [2.75, 3.05) is 0 Å². The number of halogens is 6. The van der Waals surface area contributed by atoms with Crippen LogP contribution in [-0.4, -0.2) is 0 Å². The Labute approximate surface area is 216 Å². The summed E-state index contributed by atoms with van der Waals surface area (Å²) in [6, 6.07) is 24.3. The lowest BCUT2D eigenvalue weighted by Gasteiger charge is -2.05. The second kappa shape index (κ2) is 11.2. The van der Waals surface area contributed by atoms with Gasteiger partial charge < -0.3 is 0 Å². The Balaban J connectivity index is 1.35. The van der Waals surface area contributed by atoms with Gasteiger partial charge in [-0.05, 0) is 83.9 Å². The van der Waals surface area contributed by atoms with E-state index in [1.54, 1.807) is 0 Å². The van der Waals surface area contributed by atoms with Crippen LogP contribution >= 0.6 is 0 Å². The number of rotatable bonds is 2. The van der Waals surface area contributed by atoms with Gasteiger partial charge >= 0.3 is 12.4 Å². The summed E-state index contributed by atoms with van der Waals surface area (Å²) in [4.78, 5) is 0. The minimum Gasteiger partial charge on any atom is -0.166 e. The quantitative estimate of drug-likeness (QED) is 0.142. The molecule has 0 aliphatic rings. The van der Waals surface area contributed by atoms with Crippen LogP contribution in [-0.2, 0) is 12.4 Å². The molecule has 0 bridgehead atoms. The molecule has 0 saturated heterocycles. The van der Waals surface area contributed by atoms with Gasteiger partial charge in [0.15, 0.2) is 0 Å². The average Bonchev–Trinajstić information content (AvgIpc) is 2.90. The molecule has 4 aromatic carbocycles. The molecule has 6 heteroatoms. The van der Waals surface area contributed by atoms with Gasteiger partial charge in [0.1, 0.15) is 0 Å². The molecule has 0 fully saturated rings. The molecule has 0 spiro atoms. The van der Waals surface area contributed by atoms with Crippen molar-refractivity contribution in [3.63, 3.8) is 0 Å². The minimum absolute atomic E-state index is 0.495. The van der Waals surface area contributed by atoms with Gasteiger partial charge in [0.05, 0.1) is 11.1 Å². The van der Waals surface area contributed by atoms with Crippen LogP contribution in [0.3, 0.4) is 0 Å². The molecule has 0 radical (unpaired) electrons. The summed E-state index contributed by atoms with van der Waals surface area (Å²) in [5.41, 5.74) is 2.92. The Bertz CT molecular complexity index is 1410. The standard InChI is InChI=1S/C32H18F6/c33-31(34,35)29-19-15-27(16-20-29)13-11-25-7-3-23(4-8-25)1-2-24-5-9-26(10-6-24)12-14-28-17-21-30(22-18-28)32(36,37)38/h1-10,15-22H. The van der Waals surface area contributed by atoms with Crippen LogP contribution in [0.5, 0.6) is 0 Å². The summed E-state index contributed by atoms with van der Waals surface area (Å²) >= 11 is 0. The molecular weight excluding hydrogens is 498 g/mol. The van der Waals surface area contributed by atoms with E-state index in [-0.39, 0.29) is 0 Å². The zero-order valence-corrected chi connectivity index (χ0v) is 19.7. The van der Waals surface area contributed by atoms with E-state index in [4.69, 9.17) is 0 Å². The van der Waals surface area contributed by atoms with E-state index in [0.717, 1.165) is 46.5 Å². The monoisotopic (exact) mass is 516 g/mol. The summed E-state index contributed by atoms with van der Waals surface area (Å²) < 4.78 is 75.9. The molecule has 0 atom stereocenters. The molecule has 4 rings (SSSR count). The molecule has 188 valence electrons. The first-order valence-electron chi connectivity index (χ1n) is 11.3. The first-order chi connectivity index (χ1) is 18.1. The van der Waals surface area contributed by atoms with E-state index in [2.05, 4.69) is 23.7 Å². The smallest absolute Gasteiger partial charge is 0.166 e. The first kappa shape index (κ1) is 26.4.